The van der Waals surface area contributed by atoms with Gasteiger partial charge in [0.25, 0.3) is 15.9 Å². The fourth-order valence-corrected chi connectivity index (χ4v) is 3.38. The fourth-order valence-electron chi connectivity index (χ4n) is 1.88. The summed E-state index contributed by atoms with van der Waals surface area (Å²) in [4.78, 5) is 22.4. The monoisotopic (exact) mass is 301 g/mol. The second kappa shape index (κ2) is 4.27. The van der Waals surface area contributed by atoms with Crippen LogP contribution in [0.3, 0.4) is 0 Å². The maximum absolute atomic E-state index is 13.7. The number of rotatable bonds is 3. The topological polar surface area (TPSA) is 91.8 Å². The minimum absolute atomic E-state index is 0.0533. The van der Waals surface area contributed by atoms with E-state index in [0.29, 0.717) is 4.31 Å². The Kier molecular flexibility index (Phi) is 3.09. The van der Waals surface area contributed by atoms with E-state index >= 15 is 0 Å². The van der Waals surface area contributed by atoms with Crippen LogP contribution in [0.15, 0.2) is 18.2 Å². The third kappa shape index (κ3) is 1.87. The first-order valence-corrected chi connectivity index (χ1v) is 7.11. The van der Waals surface area contributed by atoms with Crippen molar-refractivity contribution in [1.82, 2.24) is 4.31 Å². The van der Waals surface area contributed by atoms with Crippen molar-refractivity contribution >= 4 is 21.9 Å². The summed E-state index contributed by atoms with van der Waals surface area (Å²) in [5, 5.41) is 8.71. The van der Waals surface area contributed by atoms with Gasteiger partial charge in [0.05, 0.1) is 12.1 Å². The SMILES string of the molecule is CC1(C)C(=O)N(Cc2ccc(C(=O)O)cc2F)S1(=O)=O. The highest BCUT2D eigenvalue weighted by molar-refractivity contribution is 7.94. The minimum atomic E-state index is -3.79. The number of carboxylic acid groups (broad SMARTS) is 1. The van der Waals surface area contributed by atoms with E-state index in [1.54, 1.807) is 0 Å². The van der Waals surface area contributed by atoms with Crippen molar-refractivity contribution < 1.29 is 27.5 Å². The van der Waals surface area contributed by atoms with Gasteiger partial charge >= 0.3 is 5.97 Å². The summed E-state index contributed by atoms with van der Waals surface area (Å²) in [5.74, 6) is -2.76. The summed E-state index contributed by atoms with van der Waals surface area (Å²) in [6, 6.07) is 3.11. The Morgan fingerprint density at radius 3 is 2.45 bits per heavy atom. The van der Waals surface area contributed by atoms with Gasteiger partial charge in [-0.3, -0.25) is 4.79 Å². The standard InChI is InChI=1S/C12H12FNO5S/c1-12(2)11(17)14(20(12,18)19)6-8-4-3-7(10(15)16)5-9(8)13/h3-5H,6H2,1-2H3,(H,15,16). The highest BCUT2D eigenvalue weighted by Gasteiger charge is 2.60. The van der Waals surface area contributed by atoms with Crippen LogP contribution in [0.25, 0.3) is 0 Å². The normalized spacial score (nSPS) is 19.6. The number of sulfonamides is 1. The van der Waals surface area contributed by atoms with E-state index in [1.807, 2.05) is 0 Å². The van der Waals surface area contributed by atoms with E-state index in [0.717, 1.165) is 18.2 Å². The number of carbonyl (C=O) groups is 2. The third-order valence-corrected chi connectivity index (χ3v) is 5.63. The van der Waals surface area contributed by atoms with E-state index in [1.165, 1.54) is 13.8 Å². The van der Waals surface area contributed by atoms with Crippen molar-refractivity contribution in [3.05, 3.63) is 35.1 Å². The average molecular weight is 301 g/mol. The Labute approximate surface area is 114 Å². The van der Waals surface area contributed by atoms with Crippen molar-refractivity contribution in [3.8, 4) is 0 Å². The molecule has 8 heteroatoms. The highest BCUT2D eigenvalue weighted by atomic mass is 32.2. The summed E-state index contributed by atoms with van der Waals surface area (Å²) in [7, 11) is -3.79. The van der Waals surface area contributed by atoms with E-state index in [4.69, 9.17) is 5.11 Å². The molecule has 0 radical (unpaired) electrons. The van der Waals surface area contributed by atoms with E-state index in [2.05, 4.69) is 0 Å². The maximum atomic E-state index is 13.7. The largest absolute Gasteiger partial charge is 0.478 e. The smallest absolute Gasteiger partial charge is 0.335 e. The van der Waals surface area contributed by atoms with E-state index in [-0.39, 0.29) is 11.1 Å². The van der Waals surface area contributed by atoms with Crippen LogP contribution in [0.5, 0.6) is 0 Å². The van der Waals surface area contributed by atoms with Crippen molar-refractivity contribution in [2.75, 3.05) is 0 Å². The molecule has 1 fully saturated rings. The Bertz CT molecular complexity index is 711. The van der Waals surface area contributed by atoms with Crippen LogP contribution >= 0.6 is 0 Å². The molecule has 1 aromatic carbocycles. The van der Waals surface area contributed by atoms with Gasteiger partial charge in [-0.1, -0.05) is 6.07 Å². The molecule has 0 atom stereocenters. The highest BCUT2D eigenvalue weighted by Crippen LogP contribution is 2.36. The van der Waals surface area contributed by atoms with Gasteiger partial charge in [-0.05, 0) is 26.0 Å². The molecule has 1 aliphatic heterocycles. The first-order chi connectivity index (χ1) is 9.09. The molecule has 0 saturated carbocycles. The van der Waals surface area contributed by atoms with Crippen LogP contribution in [0.1, 0.15) is 29.8 Å². The van der Waals surface area contributed by atoms with E-state index < -0.39 is 39.0 Å². The molecule has 2 rings (SSSR count). The number of carbonyl (C=O) groups excluding carboxylic acids is 1. The summed E-state index contributed by atoms with van der Waals surface area (Å²) in [5.41, 5.74) is -0.299. The van der Waals surface area contributed by atoms with Gasteiger partial charge in [0.2, 0.25) is 0 Å². The van der Waals surface area contributed by atoms with Crippen molar-refractivity contribution in [1.29, 1.82) is 0 Å². The molecular weight excluding hydrogens is 289 g/mol. The lowest BCUT2D eigenvalue weighted by Crippen LogP contribution is -2.66. The first-order valence-electron chi connectivity index (χ1n) is 5.67. The summed E-state index contributed by atoms with van der Waals surface area (Å²) in [6.07, 6.45) is 0. The molecule has 20 heavy (non-hydrogen) atoms. The van der Waals surface area contributed by atoms with Crippen LogP contribution in [-0.2, 0) is 21.4 Å². The quantitative estimate of drug-likeness (QED) is 0.898. The minimum Gasteiger partial charge on any atom is -0.478 e. The zero-order chi connectivity index (χ0) is 15.3. The van der Waals surface area contributed by atoms with Gasteiger partial charge in [-0.2, -0.15) is 0 Å². The van der Waals surface area contributed by atoms with Crippen molar-refractivity contribution in [2.24, 2.45) is 0 Å². The van der Waals surface area contributed by atoms with Gasteiger partial charge in [-0.25, -0.2) is 21.9 Å². The zero-order valence-electron chi connectivity index (χ0n) is 10.8. The van der Waals surface area contributed by atoms with Crippen LogP contribution in [0, 0.1) is 5.82 Å². The molecule has 108 valence electrons. The average Bonchev–Trinajstić information content (AvgIpc) is 2.35. The molecule has 1 aromatic rings. The number of hydrogen-bond acceptors (Lipinski definition) is 4. The molecule has 1 N–H and O–H groups in total. The maximum Gasteiger partial charge on any atom is 0.335 e. The summed E-state index contributed by atoms with van der Waals surface area (Å²) >= 11 is 0. The second-order valence-electron chi connectivity index (χ2n) is 4.94. The van der Waals surface area contributed by atoms with Crippen molar-refractivity contribution in [2.45, 2.75) is 25.1 Å². The third-order valence-electron chi connectivity index (χ3n) is 3.29. The molecule has 0 spiro atoms. The Hall–Kier alpha value is -1.96. The van der Waals surface area contributed by atoms with Gasteiger partial charge in [0.15, 0.2) is 4.75 Å². The molecule has 0 aliphatic carbocycles. The first kappa shape index (κ1) is 14.4. The molecule has 1 aliphatic rings. The predicted octanol–water partition coefficient (Wildman–Crippen LogP) is 0.975. The van der Waals surface area contributed by atoms with E-state index in [9.17, 15) is 22.4 Å². The van der Waals surface area contributed by atoms with Gasteiger partial charge in [0, 0.05) is 5.56 Å². The molecule has 0 bridgehead atoms. The lowest BCUT2D eigenvalue weighted by atomic mass is 10.1. The second-order valence-corrected chi connectivity index (χ2v) is 7.35. The molecule has 0 aromatic heterocycles. The van der Waals surface area contributed by atoms with Gasteiger partial charge < -0.3 is 5.11 Å². The number of amides is 1. The zero-order valence-corrected chi connectivity index (χ0v) is 11.6. The molecule has 6 nitrogen and oxygen atoms in total. The Morgan fingerprint density at radius 1 is 1.40 bits per heavy atom. The van der Waals surface area contributed by atoms with Gasteiger partial charge in [-0.15, -0.1) is 0 Å². The number of aromatic carboxylic acids is 1. The predicted molar refractivity (Wildman–Crippen MR) is 66.9 cm³/mol. The number of halogens is 1. The fraction of sp³-hybridized carbons (Fsp3) is 0.333. The number of carboxylic acids is 1. The Morgan fingerprint density at radius 2 is 2.00 bits per heavy atom. The van der Waals surface area contributed by atoms with Crippen LogP contribution in [0.4, 0.5) is 4.39 Å². The summed E-state index contributed by atoms with van der Waals surface area (Å²) in [6.45, 7) is 2.13. The van der Waals surface area contributed by atoms with Crippen LogP contribution in [-0.4, -0.2) is 34.5 Å². The number of benzene rings is 1. The molecule has 1 heterocycles. The molecular formula is C12H12FNO5S. The van der Waals surface area contributed by atoms with Crippen LogP contribution < -0.4 is 0 Å². The molecule has 1 amide bonds. The lowest BCUT2D eigenvalue weighted by Gasteiger charge is -2.43. The molecule has 0 unspecified atom stereocenters. The lowest BCUT2D eigenvalue weighted by molar-refractivity contribution is -0.132. The molecule has 1 saturated heterocycles. The van der Waals surface area contributed by atoms with Crippen molar-refractivity contribution in [3.63, 3.8) is 0 Å². The van der Waals surface area contributed by atoms with Gasteiger partial charge in [0.1, 0.15) is 5.82 Å². The summed E-state index contributed by atoms with van der Waals surface area (Å²) < 4.78 is 36.5. The Balaban J connectivity index is 2.29. The van der Waals surface area contributed by atoms with Crippen LogP contribution in [0.2, 0.25) is 0 Å². The number of hydrogen-bond donors (Lipinski definition) is 1. The number of nitrogens with zero attached hydrogens (tertiary/aromatic N) is 1.